The van der Waals surface area contributed by atoms with E-state index < -0.39 is 18.0 Å². The standard InChI is InChI=1S/C22H20N2O5/c1-12-16-6-4-5-7-17(16)23-13(2)20(12)22(26)29-14(3)21(25)24-15-8-9-18-19(10-15)28-11-27-18/h4-10,14H,11H2,1-3H3,(H,24,25)/t14-/m0/s1. The fourth-order valence-corrected chi connectivity index (χ4v) is 3.32. The molecular formula is C22H20N2O5. The lowest BCUT2D eigenvalue weighted by Gasteiger charge is -2.16. The summed E-state index contributed by atoms with van der Waals surface area (Å²) >= 11 is 0. The third-order valence-electron chi connectivity index (χ3n) is 4.83. The van der Waals surface area contributed by atoms with Crippen LogP contribution < -0.4 is 14.8 Å². The molecule has 1 N–H and O–H groups in total. The van der Waals surface area contributed by atoms with Gasteiger partial charge in [0.25, 0.3) is 5.91 Å². The van der Waals surface area contributed by atoms with Gasteiger partial charge in [0.2, 0.25) is 6.79 Å². The maximum atomic E-state index is 12.8. The monoisotopic (exact) mass is 392 g/mol. The van der Waals surface area contributed by atoms with E-state index in [0.717, 1.165) is 16.5 Å². The van der Waals surface area contributed by atoms with Crippen LogP contribution in [0.25, 0.3) is 10.9 Å². The third-order valence-corrected chi connectivity index (χ3v) is 4.83. The van der Waals surface area contributed by atoms with Gasteiger partial charge in [-0.2, -0.15) is 0 Å². The highest BCUT2D eigenvalue weighted by atomic mass is 16.7. The van der Waals surface area contributed by atoms with E-state index in [9.17, 15) is 9.59 Å². The molecule has 2 aromatic carbocycles. The number of benzene rings is 2. The maximum absolute atomic E-state index is 12.8. The maximum Gasteiger partial charge on any atom is 0.341 e. The lowest BCUT2D eigenvalue weighted by atomic mass is 10.0. The second-order valence-corrected chi connectivity index (χ2v) is 6.82. The number of aromatic nitrogens is 1. The van der Waals surface area contributed by atoms with Crippen LogP contribution in [0.1, 0.15) is 28.5 Å². The summed E-state index contributed by atoms with van der Waals surface area (Å²) in [5.74, 6) is 0.158. The second kappa shape index (κ2) is 7.43. The number of pyridine rings is 1. The van der Waals surface area contributed by atoms with Gasteiger partial charge in [0, 0.05) is 17.1 Å². The topological polar surface area (TPSA) is 86.8 Å². The van der Waals surface area contributed by atoms with E-state index in [1.165, 1.54) is 6.92 Å². The van der Waals surface area contributed by atoms with Crippen molar-refractivity contribution in [1.29, 1.82) is 0 Å². The lowest BCUT2D eigenvalue weighted by Crippen LogP contribution is -2.30. The molecule has 4 rings (SSSR count). The Balaban J connectivity index is 1.49. The van der Waals surface area contributed by atoms with E-state index in [1.54, 1.807) is 25.1 Å². The van der Waals surface area contributed by atoms with Crippen molar-refractivity contribution in [3.05, 3.63) is 59.3 Å². The summed E-state index contributed by atoms with van der Waals surface area (Å²) in [5, 5.41) is 3.60. The van der Waals surface area contributed by atoms with Crippen molar-refractivity contribution in [1.82, 2.24) is 4.98 Å². The van der Waals surface area contributed by atoms with E-state index in [0.29, 0.717) is 28.4 Å². The number of carbonyl (C=O) groups excluding carboxylic acids is 2. The predicted octanol–water partition coefficient (Wildman–Crippen LogP) is 3.76. The van der Waals surface area contributed by atoms with Crippen LogP contribution in [0, 0.1) is 13.8 Å². The second-order valence-electron chi connectivity index (χ2n) is 6.82. The summed E-state index contributed by atoms with van der Waals surface area (Å²) in [7, 11) is 0. The van der Waals surface area contributed by atoms with Crippen LogP contribution in [0.15, 0.2) is 42.5 Å². The molecule has 0 radical (unpaired) electrons. The summed E-state index contributed by atoms with van der Waals surface area (Å²) in [4.78, 5) is 29.7. The van der Waals surface area contributed by atoms with Crippen LogP contribution in [0.3, 0.4) is 0 Å². The van der Waals surface area contributed by atoms with Gasteiger partial charge in [-0.3, -0.25) is 9.78 Å². The van der Waals surface area contributed by atoms with Crippen molar-refractivity contribution in [3.63, 3.8) is 0 Å². The minimum atomic E-state index is -0.988. The molecule has 29 heavy (non-hydrogen) atoms. The Morgan fingerprint density at radius 1 is 1.10 bits per heavy atom. The zero-order valence-electron chi connectivity index (χ0n) is 16.3. The van der Waals surface area contributed by atoms with Crippen molar-refractivity contribution in [3.8, 4) is 11.5 Å². The van der Waals surface area contributed by atoms with Gasteiger partial charge in [0.1, 0.15) is 0 Å². The van der Waals surface area contributed by atoms with Gasteiger partial charge in [0.15, 0.2) is 17.6 Å². The van der Waals surface area contributed by atoms with Crippen LogP contribution in [0.2, 0.25) is 0 Å². The van der Waals surface area contributed by atoms with Gasteiger partial charge in [-0.15, -0.1) is 0 Å². The number of anilines is 1. The first kappa shape index (κ1) is 18.7. The Morgan fingerprint density at radius 2 is 1.86 bits per heavy atom. The number of amides is 1. The Labute approximate surface area is 167 Å². The molecule has 1 atom stereocenters. The molecule has 0 bridgehead atoms. The normalized spacial score (nSPS) is 13.2. The van der Waals surface area contributed by atoms with Crippen LogP contribution >= 0.6 is 0 Å². The Bertz CT molecular complexity index is 1130. The van der Waals surface area contributed by atoms with Crippen LogP contribution in [-0.2, 0) is 9.53 Å². The van der Waals surface area contributed by atoms with Crippen molar-refractivity contribution < 1.29 is 23.8 Å². The highest BCUT2D eigenvalue weighted by Crippen LogP contribution is 2.34. The molecule has 7 heteroatoms. The molecule has 0 unspecified atom stereocenters. The van der Waals surface area contributed by atoms with E-state index >= 15 is 0 Å². The molecule has 1 amide bonds. The van der Waals surface area contributed by atoms with Gasteiger partial charge in [0.05, 0.1) is 16.8 Å². The minimum absolute atomic E-state index is 0.152. The zero-order chi connectivity index (χ0) is 20.5. The molecule has 0 saturated carbocycles. The van der Waals surface area contributed by atoms with Crippen LogP contribution in [-0.4, -0.2) is 29.8 Å². The minimum Gasteiger partial charge on any atom is -0.454 e. The van der Waals surface area contributed by atoms with Gasteiger partial charge in [-0.05, 0) is 44.5 Å². The molecule has 148 valence electrons. The molecular weight excluding hydrogens is 372 g/mol. The van der Waals surface area contributed by atoms with Gasteiger partial charge < -0.3 is 19.5 Å². The predicted molar refractivity (Wildman–Crippen MR) is 107 cm³/mol. The smallest absolute Gasteiger partial charge is 0.341 e. The molecule has 0 spiro atoms. The zero-order valence-corrected chi connectivity index (χ0v) is 16.3. The number of esters is 1. The first-order valence-corrected chi connectivity index (χ1v) is 9.21. The SMILES string of the molecule is Cc1nc2ccccc2c(C)c1C(=O)O[C@@H](C)C(=O)Nc1ccc2c(c1)OCO2. The van der Waals surface area contributed by atoms with Crippen LogP contribution in [0.4, 0.5) is 5.69 Å². The number of para-hydroxylation sites is 1. The third kappa shape index (κ3) is 3.59. The Kier molecular flexibility index (Phi) is 4.80. The number of aryl methyl sites for hydroxylation is 2. The first-order valence-electron chi connectivity index (χ1n) is 9.21. The largest absolute Gasteiger partial charge is 0.454 e. The van der Waals surface area contributed by atoms with Gasteiger partial charge in [-0.25, -0.2) is 4.79 Å². The molecule has 1 aromatic heterocycles. The molecule has 0 fully saturated rings. The fraction of sp³-hybridized carbons (Fsp3) is 0.227. The molecule has 7 nitrogen and oxygen atoms in total. The summed E-state index contributed by atoms with van der Waals surface area (Å²) in [6.07, 6.45) is -0.988. The van der Waals surface area contributed by atoms with E-state index in [2.05, 4.69) is 10.3 Å². The van der Waals surface area contributed by atoms with E-state index in [1.807, 2.05) is 31.2 Å². The number of nitrogens with zero attached hydrogens (tertiary/aromatic N) is 1. The van der Waals surface area contributed by atoms with E-state index in [4.69, 9.17) is 14.2 Å². The Hall–Kier alpha value is -3.61. The molecule has 1 aliphatic rings. The molecule has 0 saturated heterocycles. The molecule has 3 aromatic rings. The lowest BCUT2D eigenvalue weighted by molar-refractivity contribution is -0.123. The average Bonchev–Trinajstić information content (AvgIpc) is 3.15. The van der Waals surface area contributed by atoms with Gasteiger partial charge >= 0.3 is 5.97 Å². The quantitative estimate of drug-likeness (QED) is 0.680. The number of rotatable bonds is 4. The summed E-state index contributed by atoms with van der Waals surface area (Å²) < 4.78 is 16.0. The van der Waals surface area contributed by atoms with Crippen LogP contribution in [0.5, 0.6) is 11.5 Å². The summed E-state index contributed by atoms with van der Waals surface area (Å²) in [5.41, 5.74) is 3.07. The number of carbonyl (C=O) groups is 2. The molecule has 1 aliphatic heterocycles. The highest BCUT2D eigenvalue weighted by Gasteiger charge is 2.24. The van der Waals surface area contributed by atoms with Crippen molar-refractivity contribution in [2.24, 2.45) is 0 Å². The first-order chi connectivity index (χ1) is 13.9. The number of hydrogen-bond donors (Lipinski definition) is 1. The molecule has 2 heterocycles. The number of fused-ring (bicyclic) bond motifs is 2. The number of hydrogen-bond acceptors (Lipinski definition) is 6. The van der Waals surface area contributed by atoms with Crippen molar-refractivity contribution in [2.45, 2.75) is 26.9 Å². The number of nitrogens with one attached hydrogen (secondary N) is 1. The summed E-state index contributed by atoms with van der Waals surface area (Å²) in [6.45, 7) is 5.29. The summed E-state index contributed by atoms with van der Waals surface area (Å²) in [6, 6.07) is 12.7. The van der Waals surface area contributed by atoms with Crippen molar-refractivity contribution >= 4 is 28.5 Å². The highest BCUT2D eigenvalue weighted by molar-refractivity contribution is 6.01. The van der Waals surface area contributed by atoms with Crippen molar-refractivity contribution in [2.75, 3.05) is 12.1 Å². The van der Waals surface area contributed by atoms with Gasteiger partial charge in [-0.1, -0.05) is 18.2 Å². The number of ether oxygens (including phenoxy) is 3. The average molecular weight is 392 g/mol. The fourth-order valence-electron chi connectivity index (χ4n) is 3.32. The van der Waals surface area contributed by atoms with E-state index in [-0.39, 0.29) is 6.79 Å². The molecule has 0 aliphatic carbocycles. The Morgan fingerprint density at radius 3 is 2.69 bits per heavy atom.